The molecule has 2 heterocycles. The molecule has 1 saturated carbocycles. The molecule has 160 valence electrons. The molecule has 30 heavy (non-hydrogen) atoms. The fourth-order valence-corrected chi connectivity index (χ4v) is 4.68. The van der Waals surface area contributed by atoms with Crippen LogP contribution in [0.25, 0.3) is 0 Å². The zero-order valence-corrected chi connectivity index (χ0v) is 17.8. The van der Waals surface area contributed by atoms with E-state index in [0.29, 0.717) is 30.5 Å². The Balaban J connectivity index is 1.61. The molecule has 3 aliphatic rings. The van der Waals surface area contributed by atoms with E-state index in [4.69, 9.17) is 10.7 Å². The molecule has 0 bridgehead atoms. The van der Waals surface area contributed by atoms with Crippen molar-refractivity contribution in [1.29, 1.82) is 0 Å². The summed E-state index contributed by atoms with van der Waals surface area (Å²) in [5, 5.41) is 6.74. The van der Waals surface area contributed by atoms with Gasteiger partial charge in [-0.2, -0.15) is 0 Å². The maximum absolute atomic E-state index is 12.5. The second kappa shape index (κ2) is 8.92. The Bertz CT molecular complexity index is 884. The molecule has 1 aromatic carbocycles. The van der Waals surface area contributed by atoms with Gasteiger partial charge in [0, 0.05) is 44.5 Å². The lowest BCUT2D eigenvalue weighted by atomic mass is 10.0. The number of anilines is 1. The molecule has 4 N–H and O–H groups in total. The maximum Gasteiger partial charge on any atom is 0.228 e. The molecule has 1 saturated heterocycles. The topological polar surface area (TPSA) is 86.0 Å². The average molecular weight is 409 g/mol. The first-order valence-corrected chi connectivity index (χ1v) is 10.9. The predicted octanol–water partition coefficient (Wildman–Crippen LogP) is 2.52. The second-order valence-corrected chi connectivity index (χ2v) is 8.30. The number of hydrogen-bond donors (Lipinski definition) is 3. The number of carbonyl (C=O) groups excluding carboxylic acids is 1. The number of nitrogens with zero attached hydrogens (tertiary/aromatic N) is 3. The fraction of sp³-hybridized carbons (Fsp3) is 0.478. The largest absolute Gasteiger partial charge is 0.403 e. The summed E-state index contributed by atoms with van der Waals surface area (Å²) < 4.78 is 0. The van der Waals surface area contributed by atoms with Crippen LogP contribution in [0.2, 0.25) is 0 Å². The van der Waals surface area contributed by atoms with E-state index in [0.717, 1.165) is 43.9 Å². The first-order chi connectivity index (χ1) is 14.6. The van der Waals surface area contributed by atoms with Crippen molar-refractivity contribution in [2.24, 2.45) is 10.7 Å². The number of amidine groups is 1. The first kappa shape index (κ1) is 20.5. The van der Waals surface area contributed by atoms with Crippen molar-refractivity contribution in [3.05, 3.63) is 53.6 Å². The van der Waals surface area contributed by atoms with Gasteiger partial charge in [-0.3, -0.25) is 4.79 Å². The van der Waals surface area contributed by atoms with Crippen molar-refractivity contribution in [1.82, 2.24) is 15.1 Å². The summed E-state index contributed by atoms with van der Waals surface area (Å²) in [6.45, 7) is 6.73. The van der Waals surface area contributed by atoms with Gasteiger partial charge in [-0.1, -0.05) is 25.5 Å². The Labute approximate surface area is 178 Å². The molecule has 2 aliphatic heterocycles. The number of likely N-dealkylation sites (N-methyl/N-ethyl adjacent to an activating group) is 1. The summed E-state index contributed by atoms with van der Waals surface area (Å²) >= 11 is 0. The van der Waals surface area contributed by atoms with E-state index >= 15 is 0 Å². The Hall–Kier alpha value is -2.80. The van der Waals surface area contributed by atoms with Crippen molar-refractivity contribution in [2.45, 2.75) is 51.1 Å². The van der Waals surface area contributed by atoms with Gasteiger partial charge in [-0.15, -0.1) is 0 Å². The molecular formula is C23H32N6O. The SMILES string of the molecule is C=C(N=C1/C(=C\N)N(C)C(=O)CCN1C1CCCC1)Nc1ccc2c(c1)CCNC2. The molecule has 7 heteroatoms. The molecule has 7 nitrogen and oxygen atoms in total. The third-order valence-corrected chi connectivity index (χ3v) is 6.35. The van der Waals surface area contributed by atoms with Crippen LogP contribution in [-0.4, -0.2) is 47.7 Å². The summed E-state index contributed by atoms with van der Waals surface area (Å²) in [4.78, 5) is 21.2. The standard InChI is InChI=1S/C23H32N6O/c1-16(26-19-8-7-18-15-25-11-9-17(18)13-19)27-23-21(14-24)28(2)22(30)10-12-29(23)20-5-3-4-6-20/h7-8,13-14,20,25-26H,1,3-6,9-12,15,24H2,2H3/b21-14+,27-23?. The molecule has 1 aliphatic carbocycles. The van der Waals surface area contributed by atoms with Crippen LogP contribution >= 0.6 is 0 Å². The molecule has 1 amide bonds. The highest BCUT2D eigenvalue weighted by Crippen LogP contribution is 2.28. The Morgan fingerprint density at radius 1 is 1.30 bits per heavy atom. The fourth-order valence-electron chi connectivity index (χ4n) is 4.68. The highest BCUT2D eigenvalue weighted by Gasteiger charge is 2.33. The van der Waals surface area contributed by atoms with Gasteiger partial charge in [0.2, 0.25) is 5.91 Å². The number of benzene rings is 1. The van der Waals surface area contributed by atoms with Gasteiger partial charge >= 0.3 is 0 Å². The number of aliphatic imine (C=N–C) groups is 1. The summed E-state index contributed by atoms with van der Waals surface area (Å²) in [6, 6.07) is 6.79. The van der Waals surface area contributed by atoms with E-state index in [1.807, 2.05) is 0 Å². The molecule has 0 atom stereocenters. The summed E-state index contributed by atoms with van der Waals surface area (Å²) in [6.07, 6.45) is 7.63. The first-order valence-electron chi connectivity index (χ1n) is 10.9. The van der Waals surface area contributed by atoms with Crippen molar-refractivity contribution < 1.29 is 4.79 Å². The number of carbonyl (C=O) groups is 1. The zero-order chi connectivity index (χ0) is 21.1. The minimum Gasteiger partial charge on any atom is -0.403 e. The lowest BCUT2D eigenvalue weighted by molar-refractivity contribution is -0.127. The van der Waals surface area contributed by atoms with Crippen LogP contribution < -0.4 is 16.4 Å². The van der Waals surface area contributed by atoms with Crippen LogP contribution in [0.15, 0.2) is 47.5 Å². The monoisotopic (exact) mass is 408 g/mol. The van der Waals surface area contributed by atoms with E-state index in [-0.39, 0.29) is 5.91 Å². The zero-order valence-electron chi connectivity index (χ0n) is 17.8. The van der Waals surface area contributed by atoms with Crippen LogP contribution in [0.4, 0.5) is 5.69 Å². The van der Waals surface area contributed by atoms with Crippen molar-refractivity contribution >= 4 is 17.4 Å². The summed E-state index contributed by atoms with van der Waals surface area (Å²) in [5.41, 5.74) is 10.3. The lowest BCUT2D eigenvalue weighted by Crippen LogP contribution is -2.41. The van der Waals surface area contributed by atoms with Gasteiger partial charge < -0.3 is 26.2 Å². The predicted molar refractivity (Wildman–Crippen MR) is 121 cm³/mol. The lowest BCUT2D eigenvalue weighted by Gasteiger charge is -2.31. The van der Waals surface area contributed by atoms with Crippen LogP contribution in [0.5, 0.6) is 0 Å². The summed E-state index contributed by atoms with van der Waals surface area (Å²) in [7, 11) is 1.77. The van der Waals surface area contributed by atoms with Crippen molar-refractivity contribution in [3.63, 3.8) is 0 Å². The van der Waals surface area contributed by atoms with Gasteiger partial charge in [-0.05, 0) is 49.1 Å². The maximum atomic E-state index is 12.5. The van der Waals surface area contributed by atoms with Crippen LogP contribution in [0.1, 0.15) is 43.2 Å². The smallest absolute Gasteiger partial charge is 0.228 e. The van der Waals surface area contributed by atoms with Crippen molar-refractivity contribution in [2.75, 3.05) is 25.5 Å². The third-order valence-electron chi connectivity index (χ3n) is 6.35. The number of nitrogens with one attached hydrogen (secondary N) is 2. The molecule has 0 spiro atoms. The molecular weight excluding hydrogens is 376 g/mol. The Kier molecular flexibility index (Phi) is 6.08. The molecule has 2 fully saturated rings. The van der Waals surface area contributed by atoms with Crippen LogP contribution in [0.3, 0.4) is 0 Å². The number of nitrogens with two attached hydrogens (primary N) is 1. The van der Waals surface area contributed by atoms with Gasteiger partial charge in [0.25, 0.3) is 0 Å². The molecule has 0 radical (unpaired) electrons. The van der Waals surface area contributed by atoms with E-state index in [1.165, 1.54) is 30.2 Å². The highest BCUT2D eigenvalue weighted by molar-refractivity contribution is 6.03. The van der Waals surface area contributed by atoms with E-state index < -0.39 is 0 Å². The quantitative estimate of drug-likeness (QED) is 0.713. The Morgan fingerprint density at radius 2 is 2.10 bits per heavy atom. The third kappa shape index (κ3) is 4.21. The number of fused-ring (bicyclic) bond motifs is 1. The average Bonchev–Trinajstić information content (AvgIpc) is 3.24. The van der Waals surface area contributed by atoms with E-state index in [1.54, 1.807) is 11.9 Å². The van der Waals surface area contributed by atoms with E-state index in [9.17, 15) is 4.79 Å². The normalized spacial score (nSPS) is 23.0. The molecule has 0 unspecified atom stereocenters. The second-order valence-electron chi connectivity index (χ2n) is 8.30. The molecule has 4 rings (SSSR count). The minimum absolute atomic E-state index is 0.0572. The van der Waals surface area contributed by atoms with Gasteiger partial charge in [0.05, 0.1) is 0 Å². The van der Waals surface area contributed by atoms with Crippen molar-refractivity contribution in [3.8, 4) is 0 Å². The van der Waals surface area contributed by atoms with Gasteiger partial charge in [0.1, 0.15) is 11.5 Å². The van der Waals surface area contributed by atoms with Gasteiger partial charge in [-0.25, -0.2) is 4.99 Å². The van der Waals surface area contributed by atoms with Gasteiger partial charge in [0.15, 0.2) is 5.84 Å². The number of hydrogen-bond acceptors (Lipinski definition) is 5. The number of amides is 1. The highest BCUT2D eigenvalue weighted by atomic mass is 16.2. The van der Waals surface area contributed by atoms with E-state index in [2.05, 4.69) is 40.3 Å². The number of rotatable bonds is 4. The molecule has 1 aromatic rings. The van der Waals surface area contributed by atoms with Crippen LogP contribution in [0, 0.1) is 0 Å². The molecule has 0 aromatic heterocycles. The summed E-state index contributed by atoms with van der Waals surface area (Å²) in [5.74, 6) is 1.34. The minimum atomic E-state index is 0.0572. The Morgan fingerprint density at radius 3 is 2.87 bits per heavy atom. The van der Waals surface area contributed by atoms with Crippen LogP contribution in [-0.2, 0) is 17.8 Å².